The van der Waals surface area contributed by atoms with E-state index in [9.17, 15) is 0 Å². The number of nitrogens with one attached hydrogen (secondary N) is 2. The van der Waals surface area contributed by atoms with Gasteiger partial charge in [-0.3, -0.25) is 0 Å². The average Bonchev–Trinajstić information content (AvgIpc) is 4.00. The average molecular weight is 835 g/mol. The summed E-state index contributed by atoms with van der Waals surface area (Å²) in [6, 6.07) is 32.8. The van der Waals surface area contributed by atoms with Gasteiger partial charge in [-0.2, -0.15) is 0 Å². The number of aromatic amines is 2. The van der Waals surface area contributed by atoms with Crippen LogP contribution in [0.3, 0.4) is 0 Å². The van der Waals surface area contributed by atoms with Gasteiger partial charge in [0.15, 0.2) is 0 Å². The molecule has 8 bridgehead atoms. The quantitative estimate of drug-likeness (QED) is 0.186. The Labute approximate surface area is 346 Å². The summed E-state index contributed by atoms with van der Waals surface area (Å²) in [5.41, 5.74) is 12.7. The fourth-order valence-corrected chi connectivity index (χ4v) is 8.99. The van der Waals surface area contributed by atoms with Gasteiger partial charge in [-0.05, 0) is 97.5 Å². The predicted molar refractivity (Wildman–Crippen MR) is 235 cm³/mol. The molecule has 0 spiro atoms. The summed E-state index contributed by atoms with van der Waals surface area (Å²) in [4.78, 5) is 17.9. The van der Waals surface area contributed by atoms with Crippen molar-refractivity contribution in [3.8, 4) is 44.5 Å². The Bertz CT molecular complexity index is 2850. The van der Waals surface area contributed by atoms with Crippen molar-refractivity contribution in [2.75, 3.05) is 0 Å². The molecule has 2 N–H and O–H groups in total. The predicted octanol–water partition coefficient (Wildman–Crippen LogP) is 15.6. The Morgan fingerprint density at radius 2 is 0.636 bits per heavy atom. The van der Waals surface area contributed by atoms with Gasteiger partial charge in [0.25, 0.3) is 0 Å². The van der Waals surface area contributed by atoms with Gasteiger partial charge in [0.1, 0.15) is 0 Å². The van der Waals surface area contributed by atoms with Gasteiger partial charge in [0.05, 0.1) is 52.9 Å². The first-order chi connectivity index (χ1) is 26.7. The fraction of sp³-hybridized carbons (Fsp3) is 0.0222. The second-order valence-corrected chi connectivity index (χ2v) is 15.6. The Hall–Kier alpha value is -4.78. The summed E-state index contributed by atoms with van der Waals surface area (Å²) >= 11 is 41.7. The molecule has 4 aromatic carbocycles. The molecule has 0 aliphatic carbocycles. The lowest BCUT2D eigenvalue weighted by Gasteiger charge is -2.11. The zero-order valence-corrected chi connectivity index (χ0v) is 33.3. The van der Waals surface area contributed by atoms with Crippen molar-refractivity contribution < 1.29 is 0 Å². The fourth-order valence-electron chi connectivity index (χ4n) is 7.23. The summed E-state index contributed by atoms with van der Waals surface area (Å²) in [6.45, 7) is 2.07. The first kappa shape index (κ1) is 35.9. The molecule has 0 saturated carbocycles. The summed E-state index contributed by atoms with van der Waals surface area (Å²) in [5, 5.41) is 2.86. The van der Waals surface area contributed by atoms with Crippen LogP contribution in [0.4, 0.5) is 0 Å². The first-order valence-electron chi connectivity index (χ1n) is 17.2. The number of hydrogen-bond donors (Lipinski definition) is 2. The largest absolute Gasteiger partial charge is 0.354 e. The molecule has 5 heterocycles. The molecule has 0 unspecified atom stereocenters. The molecule has 10 heteroatoms. The maximum atomic E-state index is 6.96. The number of aryl methyl sites for hydroxylation is 1. The molecule has 4 nitrogen and oxygen atoms in total. The van der Waals surface area contributed by atoms with Crippen LogP contribution in [0.2, 0.25) is 30.1 Å². The Balaban J connectivity index is 1.53. The number of hydrogen-bond acceptors (Lipinski definition) is 2. The van der Waals surface area contributed by atoms with Gasteiger partial charge in [-0.15, -0.1) is 0 Å². The number of H-pyrrole nitrogens is 2. The number of nitrogens with zero attached hydrogens (tertiary/aromatic N) is 2. The van der Waals surface area contributed by atoms with Crippen molar-refractivity contribution in [3.05, 3.63) is 162 Å². The molecule has 0 saturated heterocycles. The Morgan fingerprint density at radius 3 is 0.964 bits per heavy atom. The molecule has 55 heavy (non-hydrogen) atoms. The highest BCUT2D eigenvalue weighted by Crippen LogP contribution is 2.45. The standard InChI is InChI=1S/C45H26Cl6N4/c1-23-11-13-24(14-12-23)39-31-15-17-33(52-31)43(40-25(46)5-2-6-26(40)47)35-19-21-37(54-35)45(42-29(50)9-4-10-30(42)51)38-22-20-36(55-38)44(34-18-16-32(39)53-34)41-27(48)7-3-8-28(41)49/h2-22,52,55H,1H3. The molecule has 0 amide bonds. The lowest BCUT2D eigenvalue weighted by Crippen LogP contribution is -1.91. The van der Waals surface area contributed by atoms with Crippen molar-refractivity contribution in [2.45, 2.75) is 6.92 Å². The second-order valence-electron chi connectivity index (χ2n) is 13.2. The molecule has 3 aromatic heterocycles. The zero-order chi connectivity index (χ0) is 38.0. The minimum atomic E-state index is 0.463. The van der Waals surface area contributed by atoms with Crippen LogP contribution in [0, 0.1) is 6.92 Å². The highest BCUT2D eigenvalue weighted by Gasteiger charge is 2.23. The Morgan fingerprint density at radius 1 is 0.345 bits per heavy atom. The molecular weight excluding hydrogens is 809 g/mol. The SMILES string of the molecule is Cc1ccc(-c2c3nc(c(-c4c(Cl)cccc4Cl)c4ccc([nH]4)c(-c4c(Cl)cccc4Cl)c4nc(c(-c5c(Cl)cccc5Cl)c5ccc2[nH]5)C=C4)C=C3)cc1. The van der Waals surface area contributed by atoms with E-state index in [1.807, 2.05) is 103 Å². The summed E-state index contributed by atoms with van der Waals surface area (Å²) in [6.07, 6.45) is 7.90. The van der Waals surface area contributed by atoms with Crippen LogP contribution in [0.15, 0.2) is 103 Å². The number of benzene rings is 4. The lowest BCUT2D eigenvalue weighted by molar-refractivity contribution is 1.31. The van der Waals surface area contributed by atoms with Crippen LogP contribution in [0.5, 0.6) is 0 Å². The maximum absolute atomic E-state index is 6.96. The smallest absolute Gasteiger partial charge is 0.0738 e. The van der Waals surface area contributed by atoms with E-state index < -0.39 is 0 Å². The van der Waals surface area contributed by atoms with E-state index in [0.717, 1.165) is 50.1 Å². The van der Waals surface area contributed by atoms with Crippen molar-refractivity contribution in [1.29, 1.82) is 0 Å². The first-order valence-corrected chi connectivity index (χ1v) is 19.5. The lowest BCUT2D eigenvalue weighted by atomic mass is 10.0. The number of aromatic nitrogens is 4. The van der Waals surface area contributed by atoms with Gasteiger partial charge < -0.3 is 9.97 Å². The van der Waals surface area contributed by atoms with Gasteiger partial charge in [0, 0.05) is 61.0 Å². The number of rotatable bonds is 4. The van der Waals surface area contributed by atoms with E-state index in [1.165, 1.54) is 0 Å². The molecule has 0 fully saturated rings. The zero-order valence-electron chi connectivity index (χ0n) is 28.8. The van der Waals surface area contributed by atoms with Crippen LogP contribution in [0.1, 0.15) is 28.3 Å². The van der Waals surface area contributed by atoms with Crippen molar-refractivity contribution in [1.82, 2.24) is 19.9 Å². The number of halogens is 6. The van der Waals surface area contributed by atoms with Gasteiger partial charge in [-0.25, -0.2) is 9.97 Å². The highest BCUT2D eigenvalue weighted by molar-refractivity contribution is 6.41. The van der Waals surface area contributed by atoms with Crippen LogP contribution in [0.25, 0.3) is 90.9 Å². The highest BCUT2D eigenvalue weighted by atomic mass is 35.5. The minimum Gasteiger partial charge on any atom is -0.354 e. The molecule has 0 atom stereocenters. The molecular formula is C45H26Cl6N4. The number of fused-ring (bicyclic) bond motifs is 8. The monoisotopic (exact) mass is 832 g/mol. The van der Waals surface area contributed by atoms with Gasteiger partial charge in [0.2, 0.25) is 0 Å². The van der Waals surface area contributed by atoms with Crippen LogP contribution in [-0.4, -0.2) is 19.9 Å². The van der Waals surface area contributed by atoms with E-state index in [-0.39, 0.29) is 0 Å². The van der Waals surface area contributed by atoms with Gasteiger partial charge >= 0.3 is 0 Å². The van der Waals surface area contributed by atoms with Crippen LogP contribution in [-0.2, 0) is 0 Å². The molecule has 7 aromatic rings. The third-order valence-electron chi connectivity index (χ3n) is 9.73. The van der Waals surface area contributed by atoms with Crippen LogP contribution < -0.4 is 0 Å². The van der Waals surface area contributed by atoms with E-state index >= 15 is 0 Å². The van der Waals surface area contributed by atoms with E-state index in [1.54, 1.807) is 0 Å². The van der Waals surface area contributed by atoms with Gasteiger partial charge in [-0.1, -0.05) is 118 Å². The molecule has 2 aliphatic heterocycles. The topological polar surface area (TPSA) is 57.4 Å². The minimum absolute atomic E-state index is 0.463. The third-order valence-corrected chi connectivity index (χ3v) is 11.6. The van der Waals surface area contributed by atoms with E-state index in [2.05, 4.69) is 41.2 Å². The molecule has 9 rings (SSSR count). The Kier molecular flexibility index (Phi) is 9.38. The van der Waals surface area contributed by atoms with Crippen molar-refractivity contribution in [3.63, 3.8) is 0 Å². The van der Waals surface area contributed by atoms with E-state index in [4.69, 9.17) is 79.6 Å². The maximum Gasteiger partial charge on any atom is 0.0738 e. The second kappa shape index (κ2) is 14.4. The normalized spacial score (nSPS) is 12.1. The molecule has 2 aliphatic rings. The van der Waals surface area contributed by atoms with Crippen molar-refractivity contribution >= 4 is 116 Å². The summed E-state index contributed by atoms with van der Waals surface area (Å²) in [5.74, 6) is 0. The van der Waals surface area contributed by atoms with E-state index in [0.29, 0.717) is 75.0 Å². The van der Waals surface area contributed by atoms with Crippen molar-refractivity contribution in [2.24, 2.45) is 0 Å². The third kappa shape index (κ3) is 6.37. The van der Waals surface area contributed by atoms with Crippen LogP contribution >= 0.6 is 69.6 Å². The summed E-state index contributed by atoms with van der Waals surface area (Å²) in [7, 11) is 0. The molecule has 0 radical (unpaired) electrons. The summed E-state index contributed by atoms with van der Waals surface area (Å²) < 4.78 is 0. The molecule has 268 valence electrons.